The highest BCUT2D eigenvalue weighted by atomic mass is 16.1. The van der Waals surface area contributed by atoms with Gasteiger partial charge in [-0.1, -0.05) is 77.6 Å². The highest BCUT2D eigenvalue weighted by Crippen LogP contribution is 2.12. The Hall–Kier alpha value is -1.31. The number of hydrogen-bond donors (Lipinski definition) is 1. The van der Waals surface area contributed by atoms with E-state index in [9.17, 15) is 4.79 Å². The molecule has 0 fully saturated rings. The molecule has 1 N–H and O–H groups in total. The molecule has 2 nitrogen and oxygen atoms in total. The number of nitrogens with one attached hydrogen (secondary N) is 1. The van der Waals surface area contributed by atoms with Crippen LogP contribution >= 0.6 is 0 Å². The van der Waals surface area contributed by atoms with Crippen molar-refractivity contribution >= 4 is 12.0 Å². The molecule has 1 rings (SSSR count). The molecule has 0 aromatic heterocycles. The van der Waals surface area contributed by atoms with Gasteiger partial charge in [0.25, 0.3) is 0 Å². The second-order valence-corrected chi connectivity index (χ2v) is 6.56. The summed E-state index contributed by atoms with van der Waals surface area (Å²) in [6.45, 7) is 3.30. The maximum absolute atomic E-state index is 10.6. The van der Waals surface area contributed by atoms with Crippen LogP contribution in [0.3, 0.4) is 0 Å². The molecule has 0 radical (unpaired) electrons. The fourth-order valence-corrected chi connectivity index (χ4v) is 2.88. The third kappa shape index (κ3) is 11.0. The third-order valence-electron chi connectivity index (χ3n) is 4.41. The van der Waals surface area contributed by atoms with Gasteiger partial charge in [0.15, 0.2) is 0 Å². The number of carbonyl (C=O) groups excluding carboxylic acids is 1. The first-order valence-corrected chi connectivity index (χ1v) is 9.66. The molecule has 0 amide bonds. The first-order chi connectivity index (χ1) is 11.4. The minimum absolute atomic E-state index is 0.737. The Bertz CT molecular complexity index is 385. The van der Waals surface area contributed by atoms with Crippen molar-refractivity contribution in [3.05, 3.63) is 29.8 Å². The lowest BCUT2D eigenvalue weighted by Gasteiger charge is -2.06. The number of unbranched alkanes of at least 4 members (excludes halogenated alkanes) is 11. The van der Waals surface area contributed by atoms with E-state index in [1.54, 1.807) is 0 Å². The van der Waals surface area contributed by atoms with E-state index >= 15 is 0 Å². The van der Waals surface area contributed by atoms with Gasteiger partial charge < -0.3 is 5.32 Å². The Kier molecular flexibility index (Phi) is 12.3. The predicted octanol–water partition coefficient (Wildman–Crippen LogP) is 6.61. The van der Waals surface area contributed by atoms with E-state index in [0.717, 1.165) is 24.1 Å². The van der Waals surface area contributed by atoms with Crippen LogP contribution in [0, 0.1) is 0 Å². The molecule has 1 aromatic rings. The highest BCUT2D eigenvalue weighted by Gasteiger charge is 1.95. The molecule has 0 aliphatic heterocycles. The second-order valence-electron chi connectivity index (χ2n) is 6.56. The summed E-state index contributed by atoms with van der Waals surface area (Å²) in [4.78, 5) is 10.6. The van der Waals surface area contributed by atoms with Crippen molar-refractivity contribution in [3.8, 4) is 0 Å². The van der Waals surface area contributed by atoms with Gasteiger partial charge in [0.2, 0.25) is 0 Å². The van der Waals surface area contributed by atoms with Crippen molar-refractivity contribution in [1.82, 2.24) is 0 Å². The zero-order valence-corrected chi connectivity index (χ0v) is 15.0. The second kappa shape index (κ2) is 14.3. The minimum atomic E-state index is 0.737. The first kappa shape index (κ1) is 19.7. The van der Waals surface area contributed by atoms with Crippen molar-refractivity contribution in [1.29, 1.82) is 0 Å². The number of hydrogen-bond acceptors (Lipinski definition) is 2. The summed E-state index contributed by atoms with van der Waals surface area (Å²) in [6, 6.07) is 7.67. The number of benzene rings is 1. The van der Waals surface area contributed by atoms with E-state index in [1.807, 2.05) is 24.3 Å². The number of rotatable bonds is 15. The smallest absolute Gasteiger partial charge is 0.150 e. The summed E-state index contributed by atoms with van der Waals surface area (Å²) in [7, 11) is 0. The molecule has 130 valence electrons. The van der Waals surface area contributed by atoms with Crippen molar-refractivity contribution in [2.24, 2.45) is 0 Å². The van der Waals surface area contributed by atoms with Gasteiger partial charge in [-0.2, -0.15) is 0 Å². The van der Waals surface area contributed by atoms with Crippen LogP contribution in [0.2, 0.25) is 0 Å². The maximum atomic E-state index is 10.6. The lowest BCUT2D eigenvalue weighted by Crippen LogP contribution is -2.01. The van der Waals surface area contributed by atoms with Gasteiger partial charge in [-0.3, -0.25) is 4.79 Å². The van der Waals surface area contributed by atoms with Gasteiger partial charge in [0.05, 0.1) is 0 Å². The van der Waals surface area contributed by atoms with Crippen LogP contribution in [0.4, 0.5) is 5.69 Å². The van der Waals surface area contributed by atoms with Crippen molar-refractivity contribution in [2.75, 3.05) is 11.9 Å². The van der Waals surface area contributed by atoms with Crippen molar-refractivity contribution < 1.29 is 4.79 Å². The molecular weight excluding hydrogens is 282 g/mol. The minimum Gasteiger partial charge on any atom is -0.385 e. The van der Waals surface area contributed by atoms with Crippen molar-refractivity contribution in [2.45, 2.75) is 84.0 Å². The number of anilines is 1. The Balaban J connectivity index is 1.83. The highest BCUT2D eigenvalue weighted by molar-refractivity contribution is 5.75. The van der Waals surface area contributed by atoms with Crippen LogP contribution < -0.4 is 5.32 Å². The maximum Gasteiger partial charge on any atom is 0.150 e. The van der Waals surface area contributed by atoms with Gasteiger partial charge in [-0.25, -0.2) is 0 Å². The van der Waals surface area contributed by atoms with Crippen LogP contribution in [0.25, 0.3) is 0 Å². The lowest BCUT2D eigenvalue weighted by molar-refractivity contribution is 0.112. The average Bonchev–Trinajstić information content (AvgIpc) is 2.59. The van der Waals surface area contributed by atoms with Gasteiger partial charge in [-0.15, -0.1) is 0 Å². The molecule has 0 unspecified atom stereocenters. The average molecular weight is 318 g/mol. The number of carbonyl (C=O) groups is 1. The Morgan fingerprint density at radius 2 is 1.22 bits per heavy atom. The van der Waals surface area contributed by atoms with Gasteiger partial charge >= 0.3 is 0 Å². The standard InChI is InChI=1S/C21H35NO/c1-2-3-4-5-6-7-8-9-10-11-12-13-18-22-21-16-14-20(19-23)15-17-21/h14-17,19,22H,2-13,18H2,1H3. The molecule has 0 atom stereocenters. The Labute approximate surface area is 143 Å². The SMILES string of the molecule is CCCCCCCCCCCCCCNc1ccc(C=O)cc1. The molecule has 0 aliphatic carbocycles. The predicted molar refractivity (Wildman–Crippen MR) is 101 cm³/mol. The van der Waals surface area contributed by atoms with Crippen molar-refractivity contribution in [3.63, 3.8) is 0 Å². The van der Waals surface area contributed by atoms with Gasteiger partial charge in [-0.05, 0) is 30.7 Å². The summed E-state index contributed by atoms with van der Waals surface area (Å²) >= 11 is 0. The van der Waals surface area contributed by atoms with Crippen LogP contribution in [0.1, 0.15) is 94.3 Å². The molecule has 0 saturated heterocycles. The van der Waals surface area contributed by atoms with Gasteiger partial charge in [0.1, 0.15) is 6.29 Å². The van der Waals surface area contributed by atoms with E-state index in [1.165, 1.54) is 77.0 Å². The van der Waals surface area contributed by atoms with E-state index in [-0.39, 0.29) is 0 Å². The molecule has 0 heterocycles. The summed E-state index contributed by atoms with van der Waals surface area (Å²) in [6.07, 6.45) is 17.5. The molecular formula is C21H35NO. The van der Waals surface area contributed by atoms with Crippen LogP contribution in [0.15, 0.2) is 24.3 Å². The summed E-state index contributed by atoms with van der Waals surface area (Å²) in [5, 5.41) is 3.42. The fraction of sp³-hybridized carbons (Fsp3) is 0.667. The molecule has 0 bridgehead atoms. The van der Waals surface area contributed by atoms with Crippen LogP contribution in [0.5, 0.6) is 0 Å². The van der Waals surface area contributed by atoms with E-state index in [4.69, 9.17) is 0 Å². The Morgan fingerprint density at radius 3 is 1.70 bits per heavy atom. The van der Waals surface area contributed by atoms with Gasteiger partial charge in [0, 0.05) is 17.8 Å². The normalized spacial score (nSPS) is 10.7. The monoisotopic (exact) mass is 317 g/mol. The largest absolute Gasteiger partial charge is 0.385 e. The van der Waals surface area contributed by atoms with E-state index < -0.39 is 0 Å². The molecule has 2 heteroatoms. The van der Waals surface area contributed by atoms with E-state index in [0.29, 0.717) is 0 Å². The lowest BCUT2D eigenvalue weighted by atomic mass is 10.1. The van der Waals surface area contributed by atoms with Crippen LogP contribution in [-0.2, 0) is 0 Å². The summed E-state index contributed by atoms with van der Waals surface area (Å²) in [5.41, 5.74) is 1.85. The van der Waals surface area contributed by atoms with E-state index in [2.05, 4.69) is 12.2 Å². The molecule has 0 aliphatic rings. The summed E-state index contributed by atoms with van der Waals surface area (Å²) < 4.78 is 0. The van der Waals surface area contributed by atoms with Crippen LogP contribution in [-0.4, -0.2) is 12.8 Å². The first-order valence-electron chi connectivity index (χ1n) is 9.66. The third-order valence-corrected chi connectivity index (χ3v) is 4.41. The fourth-order valence-electron chi connectivity index (χ4n) is 2.88. The zero-order chi connectivity index (χ0) is 16.6. The summed E-state index contributed by atoms with van der Waals surface area (Å²) in [5.74, 6) is 0. The number of aldehydes is 1. The quantitative estimate of drug-likeness (QED) is 0.291. The molecule has 1 aromatic carbocycles. The zero-order valence-electron chi connectivity index (χ0n) is 15.0. The molecule has 0 spiro atoms. The molecule has 0 saturated carbocycles. The molecule has 23 heavy (non-hydrogen) atoms. The topological polar surface area (TPSA) is 29.1 Å². The Morgan fingerprint density at radius 1 is 0.739 bits per heavy atom.